The van der Waals surface area contributed by atoms with Gasteiger partial charge in [-0.3, -0.25) is 9.69 Å². The molecule has 2 heterocycles. The highest BCUT2D eigenvalue weighted by atomic mass is 16.5. The van der Waals surface area contributed by atoms with E-state index in [4.69, 9.17) is 4.74 Å². The quantitative estimate of drug-likeness (QED) is 0.788. The summed E-state index contributed by atoms with van der Waals surface area (Å²) in [6.45, 7) is 6.50. The van der Waals surface area contributed by atoms with Gasteiger partial charge in [0.05, 0.1) is 12.5 Å². The molecule has 2 fully saturated rings. The van der Waals surface area contributed by atoms with Gasteiger partial charge in [-0.1, -0.05) is 42.0 Å². The number of rotatable bonds is 5. The molecule has 2 aliphatic rings. The number of amides is 1. The molecule has 4 nitrogen and oxygen atoms in total. The van der Waals surface area contributed by atoms with Crippen LogP contribution in [0.15, 0.2) is 48.5 Å². The Morgan fingerprint density at radius 1 is 1.00 bits per heavy atom. The van der Waals surface area contributed by atoms with Crippen molar-refractivity contribution in [2.45, 2.75) is 39.3 Å². The standard InChI is InChI=1S/C24H30N2O2/c1-19-5-3-6-21(15-19)17-26-13-4-11-24(23(26)27)12-14-25(18-24)16-20-7-9-22(28-2)10-8-20/h3,5-10,15H,4,11-14,16-18H2,1-2H3/t24-/m1/s1. The topological polar surface area (TPSA) is 32.8 Å². The van der Waals surface area contributed by atoms with Crippen LogP contribution in [-0.2, 0) is 17.9 Å². The molecular formula is C24H30N2O2. The smallest absolute Gasteiger partial charge is 0.230 e. The van der Waals surface area contributed by atoms with Crippen molar-refractivity contribution >= 4 is 5.91 Å². The Balaban J connectivity index is 1.41. The molecule has 2 saturated heterocycles. The predicted octanol–water partition coefficient (Wildman–Crippen LogP) is 4.02. The lowest BCUT2D eigenvalue weighted by atomic mass is 9.78. The van der Waals surface area contributed by atoms with Gasteiger partial charge in [0.1, 0.15) is 5.75 Å². The number of hydrogen-bond donors (Lipinski definition) is 0. The Morgan fingerprint density at radius 2 is 1.82 bits per heavy atom. The van der Waals surface area contributed by atoms with Gasteiger partial charge in [-0.25, -0.2) is 0 Å². The van der Waals surface area contributed by atoms with Crippen LogP contribution < -0.4 is 4.74 Å². The van der Waals surface area contributed by atoms with Crippen molar-refractivity contribution in [1.82, 2.24) is 9.80 Å². The Labute approximate surface area is 168 Å². The summed E-state index contributed by atoms with van der Waals surface area (Å²) in [6.07, 6.45) is 3.11. The maximum atomic E-state index is 13.4. The van der Waals surface area contributed by atoms with Gasteiger partial charge in [0.2, 0.25) is 5.91 Å². The highest BCUT2D eigenvalue weighted by molar-refractivity contribution is 5.84. The van der Waals surface area contributed by atoms with Gasteiger partial charge in [-0.15, -0.1) is 0 Å². The monoisotopic (exact) mass is 378 g/mol. The fourth-order valence-electron chi connectivity index (χ4n) is 4.79. The number of likely N-dealkylation sites (tertiary alicyclic amines) is 2. The molecule has 4 heteroatoms. The maximum absolute atomic E-state index is 13.4. The lowest BCUT2D eigenvalue weighted by molar-refractivity contribution is -0.146. The van der Waals surface area contributed by atoms with Crippen LogP contribution in [-0.4, -0.2) is 42.5 Å². The molecule has 2 aliphatic heterocycles. The van der Waals surface area contributed by atoms with E-state index in [9.17, 15) is 4.79 Å². The van der Waals surface area contributed by atoms with Crippen LogP contribution in [0.2, 0.25) is 0 Å². The first-order chi connectivity index (χ1) is 13.6. The SMILES string of the molecule is COc1ccc(CN2CC[C@]3(CCCN(Cc4cccc(C)c4)C3=O)C2)cc1. The zero-order valence-corrected chi connectivity index (χ0v) is 17.0. The van der Waals surface area contributed by atoms with Crippen molar-refractivity contribution in [3.8, 4) is 5.75 Å². The Kier molecular flexibility index (Phi) is 5.40. The first-order valence-electron chi connectivity index (χ1n) is 10.3. The summed E-state index contributed by atoms with van der Waals surface area (Å²) >= 11 is 0. The molecular weight excluding hydrogens is 348 g/mol. The van der Waals surface area contributed by atoms with E-state index < -0.39 is 0 Å². The molecule has 28 heavy (non-hydrogen) atoms. The summed E-state index contributed by atoms with van der Waals surface area (Å²) in [4.78, 5) is 17.9. The molecule has 0 unspecified atom stereocenters. The van der Waals surface area contributed by atoms with E-state index in [-0.39, 0.29) is 5.41 Å². The molecule has 0 aliphatic carbocycles. The summed E-state index contributed by atoms with van der Waals surface area (Å²) in [5.74, 6) is 1.24. The van der Waals surface area contributed by atoms with Crippen LogP contribution in [0.1, 0.15) is 36.0 Å². The molecule has 0 bridgehead atoms. The van der Waals surface area contributed by atoms with Crippen molar-refractivity contribution in [1.29, 1.82) is 0 Å². The van der Waals surface area contributed by atoms with E-state index in [1.165, 1.54) is 16.7 Å². The summed E-state index contributed by atoms with van der Waals surface area (Å²) in [7, 11) is 1.69. The number of benzene rings is 2. The van der Waals surface area contributed by atoms with Crippen molar-refractivity contribution in [3.05, 3.63) is 65.2 Å². The summed E-state index contributed by atoms with van der Waals surface area (Å²) in [6, 6.07) is 16.8. The molecule has 2 aromatic rings. The molecule has 1 spiro atoms. The van der Waals surface area contributed by atoms with Crippen LogP contribution in [0.5, 0.6) is 5.75 Å². The zero-order chi connectivity index (χ0) is 19.6. The minimum absolute atomic E-state index is 0.186. The largest absolute Gasteiger partial charge is 0.497 e. The van der Waals surface area contributed by atoms with Crippen LogP contribution in [0, 0.1) is 12.3 Å². The third-order valence-electron chi connectivity index (χ3n) is 6.28. The minimum atomic E-state index is -0.186. The van der Waals surface area contributed by atoms with E-state index in [0.717, 1.165) is 57.7 Å². The molecule has 2 aromatic carbocycles. The van der Waals surface area contributed by atoms with Crippen LogP contribution in [0.25, 0.3) is 0 Å². The van der Waals surface area contributed by atoms with Gasteiger partial charge in [0, 0.05) is 26.2 Å². The minimum Gasteiger partial charge on any atom is -0.497 e. The van der Waals surface area contributed by atoms with Crippen LogP contribution >= 0.6 is 0 Å². The lowest BCUT2D eigenvalue weighted by Gasteiger charge is -2.39. The number of piperidine rings is 1. The molecule has 0 aromatic heterocycles. The highest BCUT2D eigenvalue weighted by Gasteiger charge is 2.48. The summed E-state index contributed by atoms with van der Waals surface area (Å²) in [5, 5.41) is 0. The molecule has 4 rings (SSSR count). The Morgan fingerprint density at radius 3 is 2.57 bits per heavy atom. The number of carbonyl (C=O) groups excluding carboxylic acids is 1. The molecule has 0 saturated carbocycles. The second-order valence-corrected chi connectivity index (χ2v) is 8.41. The number of hydrogen-bond acceptors (Lipinski definition) is 3. The van der Waals surface area contributed by atoms with Gasteiger partial charge in [0.15, 0.2) is 0 Å². The third kappa shape index (κ3) is 3.93. The zero-order valence-electron chi connectivity index (χ0n) is 17.0. The van der Waals surface area contributed by atoms with E-state index in [1.54, 1.807) is 7.11 Å². The molecule has 148 valence electrons. The van der Waals surface area contributed by atoms with Gasteiger partial charge < -0.3 is 9.64 Å². The van der Waals surface area contributed by atoms with Crippen molar-refractivity contribution < 1.29 is 9.53 Å². The second kappa shape index (κ2) is 7.96. The number of methoxy groups -OCH3 is 1. The van der Waals surface area contributed by atoms with Crippen molar-refractivity contribution in [3.63, 3.8) is 0 Å². The number of aryl methyl sites for hydroxylation is 1. The average Bonchev–Trinajstić information content (AvgIpc) is 3.10. The van der Waals surface area contributed by atoms with E-state index >= 15 is 0 Å². The molecule has 1 atom stereocenters. The summed E-state index contributed by atoms with van der Waals surface area (Å²) in [5.41, 5.74) is 3.58. The number of carbonyl (C=O) groups is 1. The number of nitrogens with zero attached hydrogens (tertiary/aromatic N) is 2. The van der Waals surface area contributed by atoms with Gasteiger partial charge in [-0.2, -0.15) is 0 Å². The third-order valence-corrected chi connectivity index (χ3v) is 6.28. The van der Waals surface area contributed by atoms with Gasteiger partial charge in [-0.05, 0) is 56.0 Å². The maximum Gasteiger partial charge on any atom is 0.230 e. The second-order valence-electron chi connectivity index (χ2n) is 8.41. The first-order valence-corrected chi connectivity index (χ1v) is 10.3. The van der Waals surface area contributed by atoms with Crippen molar-refractivity contribution in [2.24, 2.45) is 5.41 Å². The van der Waals surface area contributed by atoms with Gasteiger partial charge >= 0.3 is 0 Å². The normalized spacial score (nSPS) is 22.8. The molecule has 0 N–H and O–H groups in total. The Bertz CT molecular complexity index is 833. The fourth-order valence-corrected chi connectivity index (χ4v) is 4.79. The first kappa shape index (κ1) is 19.0. The predicted molar refractivity (Wildman–Crippen MR) is 111 cm³/mol. The Hall–Kier alpha value is -2.33. The fraction of sp³-hybridized carbons (Fsp3) is 0.458. The molecule has 0 radical (unpaired) electrons. The van der Waals surface area contributed by atoms with E-state index in [0.29, 0.717) is 5.91 Å². The average molecular weight is 379 g/mol. The van der Waals surface area contributed by atoms with E-state index in [2.05, 4.69) is 53.1 Å². The lowest BCUT2D eigenvalue weighted by Crippen LogP contribution is -2.49. The highest BCUT2D eigenvalue weighted by Crippen LogP contribution is 2.41. The van der Waals surface area contributed by atoms with Crippen LogP contribution in [0.3, 0.4) is 0 Å². The van der Waals surface area contributed by atoms with Crippen LogP contribution in [0.4, 0.5) is 0 Å². The van der Waals surface area contributed by atoms with E-state index in [1.807, 2.05) is 12.1 Å². The molecule has 1 amide bonds. The van der Waals surface area contributed by atoms with Crippen molar-refractivity contribution in [2.75, 3.05) is 26.7 Å². The van der Waals surface area contributed by atoms with Gasteiger partial charge in [0.25, 0.3) is 0 Å². The number of ether oxygens (including phenoxy) is 1. The summed E-state index contributed by atoms with van der Waals surface area (Å²) < 4.78 is 5.25.